The van der Waals surface area contributed by atoms with Crippen LogP contribution in [0.1, 0.15) is 42.6 Å². The van der Waals surface area contributed by atoms with Gasteiger partial charge in [0.15, 0.2) is 5.69 Å². The van der Waals surface area contributed by atoms with Crippen molar-refractivity contribution < 1.29 is 9.53 Å². The number of hydrogen-bond acceptors (Lipinski definition) is 5. The average molecular weight is 410 g/mol. The van der Waals surface area contributed by atoms with Crippen LogP contribution in [0.3, 0.4) is 0 Å². The fourth-order valence-corrected chi connectivity index (χ4v) is 5.40. The van der Waals surface area contributed by atoms with Gasteiger partial charge in [-0.25, -0.2) is 0 Å². The number of anilines is 1. The molecule has 4 saturated heterocycles. The first kappa shape index (κ1) is 18.6. The van der Waals surface area contributed by atoms with E-state index in [1.54, 1.807) is 0 Å². The maximum Gasteiger partial charge on any atom is 0.272 e. The number of H-pyrrole nitrogens is 1. The fourth-order valence-electron chi connectivity index (χ4n) is 5.40. The van der Waals surface area contributed by atoms with Crippen LogP contribution in [0.15, 0.2) is 18.2 Å². The van der Waals surface area contributed by atoms with Crippen LogP contribution in [0.2, 0.25) is 0 Å². The summed E-state index contributed by atoms with van der Waals surface area (Å²) in [5.41, 5.74) is 2.61. The second-order valence-corrected chi connectivity index (χ2v) is 9.65. The van der Waals surface area contributed by atoms with E-state index < -0.39 is 0 Å². The number of nitrogens with zero attached hydrogens (tertiary/aromatic N) is 3. The molecule has 5 fully saturated rings. The number of piperidine rings is 3. The monoisotopic (exact) mass is 409 g/mol. The lowest BCUT2D eigenvalue weighted by Crippen LogP contribution is -2.57. The third kappa shape index (κ3) is 3.58. The molecule has 2 unspecified atom stereocenters. The predicted octanol–water partition coefficient (Wildman–Crippen LogP) is 2.39. The fraction of sp³-hybridized carbons (Fsp3) is 0.652. The van der Waals surface area contributed by atoms with E-state index >= 15 is 0 Å². The molecule has 1 saturated carbocycles. The number of hydrogen-bond donors (Lipinski definition) is 2. The predicted molar refractivity (Wildman–Crippen MR) is 116 cm³/mol. The van der Waals surface area contributed by atoms with Crippen LogP contribution >= 0.6 is 0 Å². The van der Waals surface area contributed by atoms with E-state index in [0.717, 1.165) is 49.5 Å². The molecular weight excluding hydrogens is 378 g/mol. The maximum absolute atomic E-state index is 12.9. The Morgan fingerprint density at radius 2 is 2.00 bits per heavy atom. The lowest BCUT2D eigenvalue weighted by Gasteiger charge is -2.44. The molecule has 0 radical (unpaired) electrons. The molecule has 5 heterocycles. The highest BCUT2D eigenvalue weighted by Gasteiger charge is 2.35. The highest BCUT2D eigenvalue weighted by atomic mass is 16.5. The first-order valence-corrected chi connectivity index (χ1v) is 11.6. The van der Waals surface area contributed by atoms with Gasteiger partial charge in [0.2, 0.25) is 0 Å². The standard InChI is InChI=1S/C23H31N5O2/c29-23(24-21-13-27-8-5-16(21)6-9-27)22-19-4-3-17(11-20(19)25-26-22)28-10-7-18(12-28)30-14-15-1-2-15/h3-4,11,15-16,18,21H,1-2,5-10,12-14H2,(H,24,29)(H,25,26). The molecule has 7 nitrogen and oxygen atoms in total. The number of aromatic amines is 1. The van der Waals surface area contributed by atoms with Crippen molar-refractivity contribution in [2.75, 3.05) is 44.2 Å². The van der Waals surface area contributed by atoms with Crippen molar-refractivity contribution in [3.8, 4) is 0 Å². The second kappa shape index (κ2) is 7.54. The lowest BCUT2D eigenvalue weighted by molar-refractivity contribution is 0.0605. The summed E-state index contributed by atoms with van der Waals surface area (Å²) in [7, 11) is 0. The Bertz CT molecular complexity index is 931. The number of carbonyl (C=O) groups excluding carboxylic acids is 1. The molecule has 2 bridgehead atoms. The summed E-state index contributed by atoms with van der Waals surface area (Å²) in [5, 5.41) is 11.6. The van der Waals surface area contributed by atoms with Crippen LogP contribution in [0.4, 0.5) is 5.69 Å². The van der Waals surface area contributed by atoms with Crippen molar-refractivity contribution in [1.82, 2.24) is 20.4 Å². The van der Waals surface area contributed by atoms with Crippen molar-refractivity contribution in [3.05, 3.63) is 23.9 Å². The normalized spacial score (nSPS) is 30.9. The molecular formula is C23H31N5O2. The summed E-state index contributed by atoms with van der Waals surface area (Å²) in [6.07, 6.45) is 6.48. The smallest absolute Gasteiger partial charge is 0.272 e. The number of ether oxygens (including phenoxy) is 1. The first-order valence-electron chi connectivity index (χ1n) is 11.6. The topological polar surface area (TPSA) is 73.5 Å². The van der Waals surface area contributed by atoms with E-state index in [9.17, 15) is 4.79 Å². The van der Waals surface area contributed by atoms with Gasteiger partial charge >= 0.3 is 0 Å². The van der Waals surface area contributed by atoms with Gasteiger partial charge in [-0.3, -0.25) is 9.89 Å². The van der Waals surface area contributed by atoms with Gasteiger partial charge in [-0.15, -0.1) is 0 Å². The Morgan fingerprint density at radius 3 is 2.77 bits per heavy atom. The third-order valence-corrected chi connectivity index (χ3v) is 7.51. The Morgan fingerprint density at radius 1 is 1.13 bits per heavy atom. The molecule has 30 heavy (non-hydrogen) atoms. The van der Waals surface area contributed by atoms with E-state index in [1.807, 2.05) is 6.07 Å². The number of rotatable bonds is 6. The maximum atomic E-state index is 12.9. The number of nitrogens with one attached hydrogen (secondary N) is 2. The number of carbonyl (C=O) groups is 1. The Kier molecular flexibility index (Phi) is 4.68. The zero-order valence-electron chi connectivity index (χ0n) is 17.5. The summed E-state index contributed by atoms with van der Waals surface area (Å²) in [5.74, 6) is 1.37. The van der Waals surface area contributed by atoms with Gasteiger partial charge in [0.1, 0.15) is 0 Å². The lowest BCUT2D eigenvalue weighted by atomic mass is 9.84. The van der Waals surface area contributed by atoms with Gasteiger partial charge in [-0.2, -0.15) is 5.10 Å². The summed E-state index contributed by atoms with van der Waals surface area (Å²) in [4.78, 5) is 17.8. The highest BCUT2D eigenvalue weighted by Crippen LogP contribution is 2.32. The number of amides is 1. The van der Waals surface area contributed by atoms with Crippen LogP contribution in [0.5, 0.6) is 0 Å². The third-order valence-electron chi connectivity index (χ3n) is 7.51. The molecule has 160 valence electrons. The summed E-state index contributed by atoms with van der Waals surface area (Å²) < 4.78 is 6.08. The van der Waals surface area contributed by atoms with Crippen LogP contribution in [-0.2, 0) is 4.74 Å². The van der Waals surface area contributed by atoms with Gasteiger partial charge in [-0.05, 0) is 75.2 Å². The number of aromatic nitrogens is 2. The van der Waals surface area contributed by atoms with Crippen LogP contribution in [-0.4, -0.2) is 72.5 Å². The summed E-state index contributed by atoms with van der Waals surface area (Å²) in [6.45, 7) is 6.21. The number of fused-ring (bicyclic) bond motifs is 4. The molecule has 1 aromatic carbocycles. The van der Waals surface area contributed by atoms with Gasteiger partial charge in [-0.1, -0.05) is 0 Å². The molecule has 7 heteroatoms. The van der Waals surface area contributed by atoms with Gasteiger partial charge in [0.25, 0.3) is 5.91 Å². The van der Waals surface area contributed by atoms with Crippen LogP contribution in [0, 0.1) is 11.8 Å². The molecule has 1 aliphatic carbocycles. The van der Waals surface area contributed by atoms with E-state index in [0.29, 0.717) is 17.7 Å². The van der Waals surface area contributed by atoms with Crippen molar-refractivity contribution in [2.45, 2.75) is 44.2 Å². The molecule has 4 aliphatic heterocycles. The quantitative estimate of drug-likeness (QED) is 0.766. The van der Waals surface area contributed by atoms with Gasteiger partial charge in [0.05, 0.1) is 11.6 Å². The van der Waals surface area contributed by atoms with Crippen molar-refractivity contribution >= 4 is 22.5 Å². The van der Waals surface area contributed by atoms with E-state index in [-0.39, 0.29) is 11.9 Å². The number of benzene rings is 1. The van der Waals surface area contributed by atoms with E-state index in [1.165, 1.54) is 44.5 Å². The molecule has 5 aliphatic rings. The van der Waals surface area contributed by atoms with Crippen LogP contribution in [0.25, 0.3) is 10.9 Å². The minimum atomic E-state index is -0.0533. The Labute approximate surface area is 177 Å². The van der Waals surface area contributed by atoms with Gasteiger partial charge < -0.3 is 19.9 Å². The Hall–Kier alpha value is -2.12. The minimum absolute atomic E-state index is 0.0533. The minimum Gasteiger partial charge on any atom is -0.376 e. The second-order valence-electron chi connectivity index (χ2n) is 9.65. The average Bonchev–Trinajstić information content (AvgIpc) is 3.32. The van der Waals surface area contributed by atoms with Crippen LogP contribution < -0.4 is 10.2 Å². The zero-order valence-corrected chi connectivity index (χ0v) is 17.5. The summed E-state index contributed by atoms with van der Waals surface area (Å²) >= 11 is 0. The first-order chi connectivity index (χ1) is 14.7. The molecule has 2 atom stereocenters. The molecule has 2 N–H and O–H groups in total. The SMILES string of the molecule is O=C(NC1CN2CCC1CC2)c1n[nH]c2cc(N3CCC(OCC4CC4)C3)ccc12. The molecule has 1 aromatic heterocycles. The molecule has 7 rings (SSSR count). The summed E-state index contributed by atoms with van der Waals surface area (Å²) in [6, 6.07) is 6.53. The van der Waals surface area contributed by atoms with Crippen molar-refractivity contribution in [2.24, 2.45) is 11.8 Å². The van der Waals surface area contributed by atoms with E-state index in [4.69, 9.17) is 4.74 Å². The largest absolute Gasteiger partial charge is 0.376 e. The molecule has 1 amide bonds. The molecule has 2 aromatic rings. The van der Waals surface area contributed by atoms with Crippen molar-refractivity contribution in [1.29, 1.82) is 0 Å². The van der Waals surface area contributed by atoms with Gasteiger partial charge in [0, 0.05) is 43.4 Å². The zero-order chi connectivity index (χ0) is 20.1. The highest BCUT2D eigenvalue weighted by molar-refractivity contribution is 6.05. The Balaban J connectivity index is 1.13. The van der Waals surface area contributed by atoms with Crippen molar-refractivity contribution in [3.63, 3.8) is 0 Å². The molecule has 0 spiro atoms. The van der Waals surface area contributed by atoms with E-state index in [2.05, 4.69) is 37.4 Å².